The van der Waals surface area contributed by atoms with Crippen LogP contribution in [0, 0.1) is 11.7 Å². The lowest BCUT2D eigenvalue weighted by atomic mass is 9.85. The number of rotatable bonds is 5. The van der Waals surface area contributed by atoms with Crippen molar-refractivity contribution >= 4 is 30.7 Å². The van der Waals surface area contributed by atoms with E-state index in [0.717, 1.165) is 31.2 Å². The van der Waals surface area contributed by atoms with Crippen molar-refractivity contribution < 1.29 is 9.18 Å². The second kappa shape index (κ2) is 10.9. The summed E-state index contributed by atoms with van der Waals surface area (Å²) in [7, 11) is 3.86. The third-order valence-corrected chi connectivity index (χ3v) is 4.41. The Labute approximate surface area is 156 Å². The van der Waals surface area contributed by atoms with E-state index in [1.807, 2.05) is 25.1 Å². The predicted octanol–water partition coefficient (Wildman–Crippen LogP) is 2.91. The molecule has 3 unspecified atom stereocenters. The zero-order valence-electron chi connectivity index (χ0n) is 14.2. The van der Waals surface area contributed by atoms with E-state index in [1.165, 1.54) is 12.1 Å². The molecule has 1 aliphatic rings. The number of likely N-dealkylation sites (N-methyl/N-ethyl adjacent to an activating group) is 1. The third kappa shape index (κ3) is 6.55. The van der Waals surface area contributed by atoms with E-state index in [4.69, 9.17) is 5.73 Å². The number of nitrogens with two attached hydrogens (primary N) is 1. The SMILES string of the molecule is CN(C)C(CNC(=O)C1CCCC(N)C1)c1cccc(F)c1.Cl.Cl. The van der Waals surface area contributed by atoms with E-state index >= 15 is 0 Å². The Bertz CT molecular complexity index is 516. The largest absolute Gasteiger partial charge is 0.354 e. The Morgan fingerprint density at radius 1 is 1.38 bits per heavy atom. The second-order valence-corrected chi connectivity index (χ2v) is 6.40. The Hall–Kier alpha value is -0.880. The van der Waals surface area contributed by atoms with Gasteiger partial charge in [0.05, 0.1) is 6.04 Å². The molecular formula is C17H28Cl2FN3O. The zero-order valence-corrected chi connectivity index (χ0v) is 15.8. The molecule has 3 atom stereocenters. The fourth-order valence-electron chi connectivity index (χ4n) is 3.12. The number of hydrogen-bond acceptors (Lipinski definition) is 3. The lowest BCUT2D eigenvalue weighted by Gasteiger charge is -2.28. The highest BCUT2D eigenvalue weighted by molar-refractivity contribution is 5.85. The molecule has 0 bridgehead atoms. The van der Waals surface area contributed by atoms with Gasteiger partial charge in [-0.2, -0.15) is 0 Å². The molecule has 0 aliphatic heterocycles. The van der Waals surface area contributed by atoms with Crippen LogP contribution in [0.15, 0.2) is 24.3 Å². The van der Waals surface area contributed by atoms with Gasteiger partial charge < -0.3 is 16.0 Å². The number of amides is 1. The summed E-state index contributed by atoms with van der Waals surface area (Å²) in [6.45, 7) is 0.473. The minimum atomic E-state index is -0.256. The van der Waals surface area contributed by atoms with Crippen LogP contribution in [0.2, 0.25) is 0 Å². The summed E-state index contributed by atoms with van der Waals surface area (Å²) in [5.74, 6) is -0.175. The van der Waals surface area contributed by atoms with Crippen LogP contribution in [0.3, 0.4) is 0 Å². The van der Waals surface area contributed by atoms with Crippen LogP contribution in [0.5, 0.6) is 0 Å². The predicted molar refractivity (Wildman–Crippen MR) is 100 cm³/mol. The molecule has 0 spiro atoms. The molecule has 0 heterocycles. The Morgan fingerprint density at radius 2 is 2.08 bits per heavy atom. The van der Waals surface area contributed by atoms with Crippen molar-refractivity contribution in [1.29, 1.82) is 0 Å². The van der Waals surface area contributed by atoms with E-state index in [9.17, 15) is 9.18 Å². The molecule has 3 N–H and O–H groups in total. The Balaban J connectivity index is 0.00000264. The van der Waals surface area contributed by atoms with Gasteiger partial charge in [-0.05, 0) is 51.1 Å². The zero-order chi connectivity index (χ0) is 16.1. The van der Waals surface area contributed by atoms with Crippen molar-refractivity contribution in [3.63, 3.8) is 0 Å². The van der Waals surface area contributed by atoms with Gasteiger partial charge in [-0.15, -0.1) is 24.8 Å². The number of hydrogen-bond donors (Lipinski definition) is 2. The van der Waals surface area contributed by atoms with Crippen LogP contribution < -0.4 is 11.1 Å². The van der Waals surface area contributed by atoms with Crippen LogP contribution in [0.4, 0.5) is 4.39 Å². The quantitative estimate of drug-likeness (QED) is 0.826. The standard InChI is InChI=1S/C17H26FN3O.2ClH/c1-21(2)16(12-5-3-7-14(18)9-12)11-20-17(22)13-6-4-8-15(19)10-13;;/h3,5,7,9,13,15-16H,4,6,8,10-11,19H2,1-2H3,(H,20,22);2*1H. The van der Waals surface area contributed by atoms with Crippen molar-refractivity contribution in [3.8, 4) is 0 Å². The van der Waals surface area contributed by atoms with Crippen LogP contribution in [0.25, 0.3) is 0 Å². The van der Waals surface area contributed by atoms with Gasteiger partial charge in [0.1, 0.15) is 5.82 Å². The van der Waals surface area contributed by atoms with E-state index in [2.05, 4.69) is 5.32 Å². The first kappa shape index (κ1) is 23.1. The fraction of sp³-hybridized carbons (Fsp3) is 0.588. The van der Waals surface area contributed by atoms with Gasteiger partial charge in [-0.25, -0.2) is 4.39 Å². The summed E-state index contributed by atoms with van der Waals surface area (Å²) < 4.78 is 13.4. The maximum absolute atomic E-state index is 13.4. The summed E-state index contributed by atoms with van der Waals surface area (Å²) in [5, 5.41) is 3.01. The molecule has 2 rings (SSSR count). The van der Waals surface area contributed by atoms with Gasteiger partial charge in [0, 0.05) is 18.5 Å². The smallest absolute Gasteiger partial charge is 0.223 e. The molecule has 0 aromatic heterocycles. The number of halogens is 3. The minimum Gasteiger partial charge on any atom is -0.354 e. The van der Waals surface area contributed by atoms with Crippen LogP contribution >= 0.6 is 24.8 Å². The first-order valence-corrected chi connectivity index (χ1v) is 7.92. The van der Waals surface area contributed by atoms with Gasteiger partial charge >= 0.3 is 0 Å². The van der Waals surface area contributed by atoms with Gasteiger partial charge in [0.2, 0.25) is 5.91 Å². The first-order valence-electron chi connectivity index (χ1n) is 7.92. The van der Waals surface area contributed by atoms with Crippen molar-refractivity contribution in [2.45, 2.75) is 37.8 Å². The summed E-state index contributed by atoms with van der Waals surface area (Å²) in [6, 6.07) is 6.62. The van der Waals surface area contributed by atoms with Crippen LogP contribution in [-0.2, 0) is 4.79 Å². The lowest BCUT2D eigenvalue weighted by molar-refractivity contribution is -0.126. The molecule has 1 fully saturated rings. The summed E-state index contributed by atoms with van der Waals surface area (Å²) in [5.41, 5.74) is 6.81. The number of nitrogens with one attached hydrogen (secondary N) is 1. The van der Waals surface area contributed by atoms with Gasteiger partial charge in [0.15, 0.2) is 0 Å². The van der Waals surface area contributed by atoms with Crippen LogP contribution in [-0.4, -0.2) is 37.5 Å². The van der Waals surface area contributed by atoms with Crippen molar-refractivity contribution in [2.75, 3.05) is 20.6 Å². The van der Waals surface area contributed by atoms with Gasteiger partial charge in [0.25, 0.3) is 0 Å². The van der Waals surface area contributed by atoms with Crippen molar-refractivity contribution in [2.24, 2.45) is 11.7 Å². The Morgan fingerprint density at radius 3 is 2.67 bits per heavy atom. The van der Waals surface area contributed by atoms with E-state index in [1.54, 1.807) is 6.07 Å². The van der Waals surface area contributed by atoms with E-state index < -0.39 is 0 Å². The number of benzene rings is 1. The summed E-state index contributed by atoms with van der Waals surface area (Å²) in [4.78, 5) is 14.3. The van der Waals surface area contributed by atoms with E-state index in [0.29, 0.717) is 6.54 Å². The van der Waals surface area contributed by atoms with Gasteiger partial charge in [-0.1, -0.05) is 18.6 Å². The molecule has 1 aliphatic carbocycles. The molecule has 24 heavy (non-hydrogen) atoms. The van der Waals surface area contributed by atoms with Crippen LogP contribution in [0.1, 0.15) is 37.3 Å². The highest BCUT2D eigenvalue weighted by atomic mass is 35.5. The average Bonchev–Trinajstić information content (AvgIpc) is 2.47. The third-order valence-electron chi connectivity index (χ3n) is 4.41. The molecule has 1 aromatic rings. The first-order chi connectivity index (χ1) is 10.5. The normalized spacial score (nSPS) is 21.4. The molecule has 138 valence electrons. The second-order valence-electron chi connectivity index (χ2n) is 6.40. The lowest BCUT2D eigenvalue weighted by Crippen LogP contribution is -2.41. The van der Waals surface area contributed by atoms with Crippen molar-refractivity contribution in [3.05, 3.63) is 35.6 Å². The molecular weight excluding hydrogens is 352 g/mol. The molecule has 1 saturated carbocycles. The maximum Gasteiger partial charge on any atom is 0.223 e. The molecule has 0 saturated heterocycles. The highest BCUT2D eigenvalue weighted by Gasteiger charge is 2.26. The molecule has 4 nitrogen and oxygen atoms in total. The average molecular weight is 380 g/mol. The van der Waals surface area contributed by atoms with Gasteiger partial charge in [-0.3, -0.25) is 4.79 Å². The highest BCUT2D eigenvalue weighted by Crippen LogP contribution is 2.24. The number of carbonyl (C=O) groups is 1. The minimum absolute atomic E-state index is 0. The fourth-order valence-corrected chi connectivity index (χ4v) is 3.12. The molecule has 7 heteroatoms. The molecule has 1 aromatic carbocycles. The Kier molecular flexibility index (Phi) is 10.5. The maximum atomic E-state index is 13.4. The number of nitrogens with zero attached hydrogens (tertiary/aromatic N) is 1. The summed E-state index contributed by atoms with van der Waals surface area (Å²) >= 11 is 0. The van der Waals surface area contributed by atoms with Crippen molar-refractivity contribution in [1.82, 2.24) is 10.2 Å². The molecule has 0 radical (unpaired) electrons. The molecule has 1 amide bonds. The number of carbonyl (C=O) groups excluding carboxylic acids is 1. The monoisotopic (exact) mass is 379 g/mol. The van der Waals surface area contributed by atoms with E-state index in [-0.39, 0.29) is 54.5 Å². The topological polar surface area (TPSA) is 58.4 Å². The summed E-state index contributed by atoms with van der Waals surface area (Å²) in [6.07, 6.45) is 3.69.